The Hall–Kier alpha value is -4.33. The Morgan fingerprint density at radius 2 is 1.29 bits per heavy atom. The second-order valence-electron chi connectivity index (χ2n) is 7.50. The molecule has 0 bridgehead atoms. The molecule has 3 rings (SSSR count). The van der Waals surface area contributed by atoms with Crippen LogP contribution in [0, 0.1) is 0 Å². The fourth-order valence-corrected chi connectivity index (χ4v) is 3.06. The lowest BCUT2D eigenvalue weighted by Gasteiger charge is -2.18. The van der Waals surface area contributed by atoms with Gasteiger partial charge >= 0.3 is 12.1 Å². The predicted molar refractivity (Wildman–Crippen MR) is 125 cm³/mol. The number of carbonyl (C=O) groups excluding carboxylic acids is 3. The van der Waals surface area contributed by atoms with Crippen LogP contribution in [0.1, 0.15) is 16.7 Å². The van der Waals surface area contributed by atoms with Gasteiger partial charge in [-0.1, -0.05) is 72.8 Å². The number of hydrogen-bond donors (Lipinski definition) is 3. The first kappa shape index (κ1) is 24.3. The van der Waals surface area contributed by atoms with Crippen LogP contribution in [0.5, 0.6) is 5.75 Å². The lowest BCUT2D eigenvalue weighted by Crippen LogP contribution is -2.47. The topological polar surface area (TPSA) is 114 Å². The van der Waals surface area contributed by atoms with E-state index in [1.807, 2.05) is 60.7 Å². The predicted octanol–water partition coefficient (Wildman–Crippen LogP) is 3.09. The highest BCUT2D eigenvalue weighted by Gasteiger charge is 2.23. The molecule has 0 aliphatic carbocycles. The molecule has 0 aliphatic heterocycles. The van der Waals surface area contributed by atoms with Crippen LogP contribution in [0.3, 0.4) is 0 Å². The highest BCUT2D eigenvalue weighted by atomic mass is 16.5. The van der Waals surface area contributed by atoms with E-state index in [0.717, 1.165) is 16.7 Å². The Labute approximate surface area is 197 Å². The van der Waals surface area contributed by atoms with Gasteiger partial charge in [0.1, 0.15) is 31.5 Å². The third-order valence-electron chi connectivity index (χ3n) is 4.83. The summed E-state index contributed by atoms with van der Waals surface area (Å²) >= 11 is 0. The molecule has 0 spiro atoms. The Morgan fingerprint density at radius 3 is 1.88 bits per heavy atom. The zero-order valence-electron chi connectivity index (χ0n) is 18.5. The fraction of sp³-hybridized carbons (Fsp3) is 0.192. The van der Waals surface area contributed by atoms with E-state index in [1.165, 1.54) is 12.1 Å². The molecule has 34 heavy (non-hydrogen) atoms. The molecule has 8 heteroatoms. The van der Waals surface area contributed by atoms with E-state index in [2.05, 4.69) is 10.6 Å². The summed E-state index contributed by atoms with van der Waals surface area (Å²) in [5, 5.41) is 14.4. The quantitative estimate of drug-likeness (QED) is 0.399. The molecule has 0 aromatic heterocycles. The number of nitrogens with one attached hydrogen (secondary N) is 2. The van der Waals surface area contributed by atoms with E-state index in [1.54, 1.807) is 12.1 Å². The zero-order chi connectivity index (χ0) is 24.2. The van der Waals surface area contributed by atoms with Crippen molar-refractivity contribution < 1.29 is 29.0 Å². The summed E-state index contributed by atoms with van der Waals surface area (Å²) in [5.41, 5.74) is 2.35. The number of phenolic OH excluding ortho intramolecular Hbond substituents is 1. The van der Waals surface area contributed by atoms with Crippen molar-refractivity contribution in [1.29, 1.82) is 0 Å². The second kappa shape index (κ2) is 12.6. The number of esters is 1. The maximum Gasteiger partial charge on any atom is 0.407 e. The van der Waals surface area contributed by atoms with Gasteiger partial charge in [0.2, 0.25) is 5.91 Å². The van der Waals surface area contributed by atoms with E-state index >= 15 is 0 Å². The van der Waals surface area contributed by atoms with Gasteiger partial charge in [0.25, 0.3) is 0 Å². The number of amides is 2. The first-order chi connectivity index (χ1) is 16.5. The number of phenols is 1. The number of hydrogen-bond acceptors (Lipinski definition) is 6. The van der Waals surface area contributed by atoms with Gasteiger partial charge in [-0.15, -0.1) is 0 Å². The van der Waals surface area contributed by atoms with Gasteiger partial charge < -0.3 is 25.2 Å². The Bertz CT molecular complexity index is 1070. The molecular weight excluding hydrogens is 436 g/mol. The summed E-state index contributed by atoms with van der Waals surface area (Å²) in [4.78, 5) is 37.0. The third kappa shape index (κ3) is 8.31. The van der Waals surface area contributed by atoms with Crippen molar-refractivity contribution >= 4 is 18.0 Å². The molecule has 0 saturated carbocycles. The van der Waals surface area contributed by atoms with Gasteiger partial charge in [0.05, 0.1) is 0 Å². The minimum atomic E-state index is -0.983. The first-order valence-electron chi connectivity index (χ1n) is 10.7. The van der Waals surface area contributed by atoms with Crippen LogP contribution >= 0.6 is 0 Å². The highest BCUT2D eigenvalue weighted by Crippen LogP contribution is 2.12. The molecule has 1 atom stereocenters. The molecule has 0 unspecified atom stereocenters. The Balaban J connectivity index is 1.53. The van der Waals surface area contributed by atoms with Crippen molar-refractivity contribution in [2.45, 2.75) is 25.7 Å². The summed E-state index contributed by atoms with van der Waals surface area (Å²) in [6.45, 7) is -0.235. The molecule has 0 heterocycles. The third-order valence-corrected chi connectivity index (χ3v) is 4.83. The fourth-order valence-electron chi connectivity index (χ4n) is 3.06. The Morgan fingerprint density at radius 1 is 0.735 bits per heavy atom. The number of ether oxygens (including phenoxy) is 2. The van der Waals surface area contributed by atoms with Crippen molar-refractivity contribution in [1.82, 2.24) is 10.6 Å². The second-order valence-corrected chi connectivity index (χ2v) is 7.50. The van der Waals surface area contributed by atoms with Gasteiger partial charge in [-0.25, -0.2) is 9.59 Å². The SMILES string of the molecule is O=C(CNC(=O)OCc1ccccc1)N[C@@H](Cc1ccc(O)cc1)C(=O)OCc1ccccc1. The summed E-state index contributed by atoms with van der Waals surface area (Å²) < 4.78 is 10.5. The van der Waals surface area contributed by atoms with Crippen LogP contribution in [-0.2, 0) is 38.7 Å². The van der Waals surface area contributed by atoms with Gasteiger partial charge in [-0.3, -0.25) is 4.79 Å². The summed E-state index contributed by atoms with van der Waals surface area (Å²) in [6.07, 6.45) is -0.598. The maximum atomic E-state index is 12.7. The van der Waals surface area contributed by atoms with Gasteiger partial charge in [0, 0.05) is 6.42 Å². The van der Waals surface area contributed by atoms with Crippen molar-refractivity contribution in [3.63, 3.8) is 0 Å². The normalized spacial score (nSPS) is 11.2. The maximum absolute atomic E-state index is 12.7. The minimum absolute atomic E-state index is 0.0612. The van der Waals surface area contributed by atoms with E-state index in [-0.39, 0.29) is 31.9 Å². The lowest BCUT2D eigenvalue weighted by molar-refractivity contribution is -0.149. The summed E-state index contributed by atoms with van der Waals surface area (Å²) in [7, 11) is 0. The highest BCUT2D eigenvalue weighted by molar-refractivity contribution is 5.87. The zero-order valence-corrected chi connectivity index (χ0v) is 18.5. The number of carbonyl (C=O) groups is 3. The molecule has 0 aliphatic rings. The molecular formula is C26H26N2O6. The number of alkyl carbamates (subject to hydrolysis) is 1. The van der Waals surface area contributed by atoms with E-state index in [4.69, 9.17) is 9.47 Å². The standard InChI is InChI=1S/C26H26N2O6/c29-22-13-11-19(12-14-22)15-23(25(31)33-17-20-7-3-1-4-8-20)28-24(30)16-27-26(32)34-18-21-9-5-2-6-10-21/h1-14,23,29H,15-18H2,(H,27,32)(H,28,30)/t23-/m0/s1. The van der Waals surface area contributed by atoms with E-state index in [0.29, 0.717) is 0 Å². The van der Waals surface area contributed by atoms with Crippen LogP contribution < -0.4 is 10.6 Å². The van der Waals surface area contributed by atoms with Crippen molar-refractivity contribution in [2.75, 3.05) is 6.54 Å². The Kier molecular flexibility index (Phi) is 9.04. The average Bonchev–Trinajstić information content (AvgIpc) is 2.87. The van der Waals surface area contributed by atoms with Crippen LogP contribution in [-0.4, -0.2) is 35.7 Å². The molecule has 8 nitrogen and oxygen atoms in total. The monoisotopic (exact) mass is 462 g/mol. The molecule has 3 aromatic rings. The van der Waals surface area contributed by atoms with Crippen LogP contribution in [0.2, 0.25) is 0 Å². The van der Waals surface area contributed by atoms with Crippen LogP contribution in [0.4, 0.5) is 4.79 Å². The molecule has 2 amide bonds. The first-order valence-corrected chi connectivity index (χ1v) is 10.7. The summed E-state index contributed by atoms with van der Waals surface area (Å²) in [5.74, 6) is -1.09. The smallest absolute Gasteiger partial charge is 0.407 e. The molecule has 0 radical (unpaired) electrons. The van der Waals surface area contributed by atoms with Crippen molar-refractivity contribution in [3.8, 4) is 5.75 Å². The van der Waals surface area contributed by atoms with E-state index < -0.39 is 24.0 Å². The minimum Gasteiger partial charge on any atom is -0.508 e. The van der Waals surface area contributed by atoms with Crippen LogP contribution in [0.15, 0.2) is 84.9 Å². The average molecular weight is 463 g/mol. The van der Waals surface area contributed by atoms with Crippen molar-refractivity contribution in [3.05, 3.63) is 102 Å². The van der Waals surface area contributed by atoms with Gasteiger partial charge in [-0.05, 0) is 28.8 Å². The van der Waals surface area contributed by atoms with Crippen LogP contribution in [0.25, 0.3) is 0 Å². The molecule has 0 fully saturated rings. The molecule has 0 saturated heterocycles. The van der Waals surface area contributed by atoms with Gasteiger partial charge in [-0.2, -0.15) is 0 Å². The summed E-state index contributed by atoms with van der Waals surface area (Å²) in [6, 6.07) is 23.6. The van der Waals surface area contributed by atoms with E-state index in [9.17, 15) is 19.5 Å². The number of aromatic hydroxyl groups is 1. The molecule has 3 aromatic carbocycles. The van der Waals surface area contributed by atoms with Gasteiger partial charge in [0.15, 0.2) is 0 Å². The molecule has 176 valence electrons. The number of rotatable bonds is 10. The largest absolute Gasteiger partial charge is 0.508 e. The lowest BCUT2D eigenvalue weighted by atomic mass is 10.1. The molecule has 3 N–H and O–H groups in total. The number of benzene rings is 3. The van der Waals surface area contributed by atoms with Crippen molar-refractivity contribution in [2.24, 2.45) is 0 Å².